The zero-order chi connectivity index (χ0) is 19.8. The van der Waals surface area contributed by atoms with Gasteiger partial charge >= 0.3 is 5.97 Å². The number of anilines is 1. The van der Waals surface area contributed by atoms with E-state index in [0.29, 0.717) is 17.9 Å². The molecule has 0 aliphatic carbocycles. The predicted octanol–water partition coefficient (Wildman–Crippen LogP) is 2.40. The molecule has 2 aromatic carbocycles. The fraction of sp³-hybridized carbons (Fsp3) is 0.190. The highest BCUT2D eigenvalue weighted by Gasteiger charge is 2.41. The topological polar surface area (TPSA) is 101 Å². The van der Waals surface area contributed by atoms with Crippen molar-refractivity contribution < 1.29 is 14.7 Å². The van der Waals surface area contributed by atoms with Crippen molar-refractivity contribution in [2.45, 2.75) is 18.9 Å². The van der Waals surface area contributed by atoms with Crippen LogP contribution in [0.5, 0.6) is 0 Å². The molecule has 0 fully saturated rings. The molecule has 0 spiro atoms. The molecule has 0 saturated heterocycles. The lowest BCUT2D eigenvalue weighted by Crippen LogP contribution is -2.51. The van der Waals surface area contributed by atoms with Crippen LogP contribution >= 0.6 is 0 Å². The Morgan fingerprint density at radius 2 is 1.93 bits per heavy atom. The number of hydrogen-bond donors (Lipinski definition) is 2. The van der Waals surface area contributed by atoms with Crippen LogP contribution in [0.1, 0.15) is 34.3 Å². The number of carbonyl (C=O) groups is 2. The zero-order valence-electron chi connectivity index (χ0n) is 15.3. The molecule has 3 aromatic rings. The summed E-state index contributed by atoms with van der Waals surface area (Å²) in [7, 11) is 0. The van der Waals surface area contributed by atoms with E-state index in [1.807, 2.05) is 37.3 Å². The van der Waals surface area contributed by atoms with Gasteiger partial charge in [-0.2, -0.15) is 5.10 Å². The Kier molecular flexibility index (Phi) is 4.44. The van der Waals surface area contributed by atoms with Crippen LogP contribution in [-0.4, -0.2) is 39.4 Å². The minimum Gasteiger partial charge on any atom is -0.478 e. The number of rotatable bonds is 4. The van der Waals surface area contributed by atoms with Gasteiger partial charge in [-0.15, -0.1) is 0 Å². The highest BCUT2D eigenvalue weighted by molar-refractivity contribution is 6.01. The van der Waals surface area contributed by atoms with Crippen molar-refractivity contribution >= 4 is 17.7 Å². The van der Waals surface area contributed by atoms with Gasteiger partial charge in [0.2, 0.25) is 5.91 Å². The molecule has 1 amide bonds. The predicted molar refractivity (Wildman–Crippen MR) is 105 cm³/mol. The van der Waals surface area contributed by atoms with Crippen LogP contribution in [0.15, 0.2) is 60.8 Å². The first-order chi connectivity index (χ1) is 13.5. The Balaban J connectivity index is 1.91. The zero-order valence-corrected chi connectivity index (χ0v) is 15.3. The minimum absolute atomic E-state index is 0.159. The second kappa shape index (κ2) is 6.94. The van der Waals surface area contributed by atoms with Crippen molar-refractivity contribution in [3.05, 3.63) is 77.5 Å². The molecule has 0 unspecified atom stereocenters. The Hall–Kier alpha value is -3.45. The summed E-state index contributed by atoms with van der Waals surface area (Å²) in [5.74, 6) is -1.03. The van der Waals surface area contributed by atoms with Crippen molar-refractivity contribution in [2.75, 3.05) is 11.4 Å². The third-order valence-electron chi connectivity index (χ3n) is 5.08. The quantitative estimate of drug-likeness (QED) is 0.728. The normalized spacial score (nSPS) is 18.8. The Morgan fingerprint density at radius 1 is 1.18 bits per heavy atom. The SMILES string of the molecule is CCN1C(=O)[C@@H](N)[C@H](c2cccc(C(=O)O)c2)c2cnn(-c3ccccc3)c21. The Bertz CT molecular complexity index is 1040. The van der Waals surface area contributed by atoms with Crippen LogP contribution in [-0.2, 0) is 4.79 Å². The van der Waals surface area contributed by atoms with Gasteiger partial charge in [0.1, 0.15) is 5.82 Å². The summed E-state index contributed by atoms with van der Waals surface area (Å²) in [6, 6.07) is 15.3. The molecule has 142 valence electrons. The van der Waals surface area contributed by atoms with Crippen LogP contribution in [0.25, 0.3) is 5.69 Å². The Morgan fingerprint density at radius 3 is 2.61 bits per heavy atom. The summed E-state index contributed by atoms with van der Waals surface area (Å²) in [5, 5.41) is 13.9. The third-order valence-corrected chi connectivity index (χ3v) is 5.08. The average Bonchev–Trinajstić information content (AvgIpc) is 3.14. The van der Waals surface area contributed by atoms with Crippen LogP contribution in [0.2, 0.25) is 0 Å². The number of likely N-dealkylation sites (N-methyl/N-ethyl adjacent to an activating group) is 1. The first-order valence-corrected chi connectivity index (χ1v) is 9.06. The molecule has 0 saturated carbocycles. The van der Waals surface area contributed by atoms with Crippen LogP contribution in [0, 0.1) is 0 Å². The maximum absolute atomic E-state index is 13.0. The average molecular weight is 376 g/mol. The molecule has 2 heterocycles. The number of benzene rings is 2. The first kappa shape index (κ1) is 17.9. The molecule has 4 rings (SSSR count). The van der Waals surface area contributed by atoms with E-state index in [2.05, 4.69) is 5.10 Å². The second-order valence-electron chi connectivity index (χ2n) is 6.69. The van der Waals surface area contributed by atoms with E-state index in [-0.39, 0.29) is 11.5 Å². The number of nitrogens with two attached hydrogens (primary N) is 1. The molecule has 1 aliphatic rings. The summed E-state index contributed by atoms with van der Waals surface area (Å²) in [6.45, 7) is 2.35. The molecule has 7 nitrogen and oxygen atoms in total. The number of amides is 1. The van der Waals surface area contributed by atoms with Gasteiger partial charge in [0.25, 0.3) is 0 Å². The van der Waals surface area contributed by atoms with E-state index in [1.54, 1.807) is 34.0 Å². The molecule has 1 aromatic heterocycles. The highest BCUT2D eigenvalue weighted by Crippen LogP contribution is 2.40. The van der Waals surface area contributed by atoms with Crippen molar-refractivity contribution in [2.24, 2.45) is 5.73 Å². The molecule has 1 aliphatic heterocycles. The molecule has 28 heavy (non-hydrogen) atoms. The molecular weight excluding hydrogens is 356 g/mol. The number of para-hydroxylation sites is 1. The van der Waals surface area contributed by atoms with Gasteiger partial charge in [0.15, 0.2) is 0 Å². The van der Waals surface area contributed by atoms with E-state index in [4.69, 9.17) is 5.73 Å². The molecule has 3 N–H and O–H groups in total. The van der Waals surface area contributed by atoms with Gasteiger partial charge in [-0.05, 0) is 36.8 Å². The minimum atomic E-state index is -1.02. The number of nitrogens with zero attached hydrogens (tertiary/aromatic N) is 3. The first-order valence-electron chi connectivity index (χ1n) is 9.06. The lowest BCUT2D eigenvalue weighted by atomic mass is 9.82. The number of aromatic nitrogens is 2. The van der Waals surface area contributed by atoms with Crippen molar-refractivity contribution in [3.8, 4) is 5.69 Å². The third kappa shape index (κ3) is 2.76. The van der Waals surface area contributed by atoms with Crippen molar-refractivity contribution in [1.29, 1.82) is 0 Å². The lowest BCUT2D eigenvalue weighted by molar-refractivity contribution is -0.120. The van der Waals surface area contributed by atoms with E-state index >= 15 is 0 Å². The van der Waals surface area contributed by atoms with E-state index in [1.165, 1.54) is 6.07 Å². The van der Waals surface area contributed by atoms with Gasteiger partial charge in [-0.1, -0.05) is 30.3 Å². The van der Waals surface area contributed by atoms with E-state index in [0.717, 1.165) is 11.3 Å². The van der Waals surface area contributed by atoms with Crippen molar-refractivity contribution in [3.63, 3.8) is 0 Å². The highest BCUT2D eigenvalue weighted by atomic mass is 16.4. The van der Waals surface area contributed by atoms with Crippen LogP contribution in [0.3, 0.4) is 0 Å². The smallest absolute Gasteiger partial charge is 0.335 e. The van der Waals surface area contributed by atoms with Crippen LogP contribution in [0.4, 0.5) is 5.82 Å². The summed E-state index contributed by atoms with van der Waals surface area (Å²) >= 11 is 0. The maximum Gasteiger partial charge on any atom is 0.335 e. The fourth-order valence-corrected chi connectivity index (χ4v) is 3.78. The summed E-state index contributed by atoms with van der Waals surface area (Å²) in [4.78, 5) is 26.1. The van der Waals surface area contributed by atoms with Gasteiger partial charge in [-0.25, -0.2) is 9.48 Å². The fourth-order valence-electron chi connectivity index (χ4n) is 3.78. The van der Waals surface area contributed by atoms with Crippen molar-refractivity contribution in [1.82, 2.24) is 9.78 Å². The molecule has 7 heteroatoms. The summed E-state index contributed by atoms with van der Waals surface area (Å²) < 4.78 is 1.73. The van der Waals surface area contributed by atoms with Gasteiger partial charge in [-0.3, -0.25) is 9.69 Å². The molecular formula is C21H20N4O3. The monoisotopic (exact) mass is 376 g/mol. The van der Waals surface area contributed by atoms with Gasteiger partial charge in [0, 0.05) is 18.0 Å². The summed E-state index contributed by atoms with van der Waals surface area (Å²) in [6.07, 6.45) is 1.72. The molecule has 2 atom stereocenters. The number of aromatic carboxylic acids is 1. The number of carboxylic acids is 1. The van der Waals surface area contributed by atoms with Crippen LogP contribution < -0.4 is 10.6 Å². The number of fused-ring (bicyclic) bond motifs is 1. The van der Waals surface area contributed by atoms with E-state index < -0.39 is 17.9 Å². The standard InChI is InChI=1S/C21H20N4O3/c1-2-24-19-16(12-23-25(19)15-9-4-3-5-10-15)17(18(22)20(24)26)13-7-6-8-14(11-13)21(27)28/h3-12,17-18H,2,22H2,1H3,(H,27,28)/t17-,18+/m1/s1. The lowest BCUT2D eigenvalue weighted by Gasteiger charge is -2.36. The molecule has 0 bridgehead atoms. The van der Waals surface area contributed by atoms with E-state index in [9.17, 15) is 14.7 Å². The number of hydrogen-bond acceptors (Lipinski definition) is 4. The molecule has 0 radical (unpaired) electrons. The summed E-state index contributed by atoms with van der Waals surface area (Å²) in [5.41, 5.74) is 8.82. The maximum atomic E-state index is 13.0. The largest absolute Gasteiger partial charge is 0.478 e. The second-order valence-corrected chi connectivity index (χ2v) is 6.69. The van der Waals surface area contributed by atoms with Gasteiger partial charge < -0.3 is 10.8 Å². The number of carboxylic acid groups (broad SMARTS) is 1. The Labute approximate surface area is 162 Å². The number of carbonyl (C=O) groups excluding carboxylic acids is 1. The van der Waals surface area contributed by atoms with Gasteiger partial charge in [0.05, 0.1) is 23.5 Å².